The molecule has 0 saturated carbocycles. The molecule has 1 fully saturated rings. The number of aryl methyl sites for hydroxylation is 4. The first-order valence-electron chi connectivity index (χ1n) is 32.3. The Hall–Kier alpha value is -10.8. The maximum atomic E-state index is 6.05. The van der Waals surface area contributed by atoms with E-state index in [2.05, 4.69) is 257 Å². The number of benzene rings is 9. The number of hydrogen-bond acceptors (Lipinski definition) is 14. The van der Waals surface area contributed by atoms with Crippen molar-refractivity contribution in [2.75, 3.05) is 0 Å². The van der Waals surface area contributed by atoms with Crippen LogP contribution in [0, 0.1) is 27.7 Å². The highest BCUT2D eigenvalue weighted by atomic mass is 79.9. The van der Waals surface area contributed by atoms with Crippen molar-refractivity contribution >= 4 is 44.4 Å². The lowest BCUT2D eigenvalue weighted by atomic mass is 9.79. The zero-order valence-corrected chi connectivity index (χ0v) is 59.0. The Bertz CT molecular complexity index is 4840. The van der Waals surface area contributed by atoms with E-state index in [9.17, 15) is 0 Å². The Labute approximate surface area is 593 Å². The fraction of sp³-hybridized carbons (Fsp3) is 0.122. The fourth-order valence-electron chi connectivity index (χ4n) is 10.9. The second-order valence-corrected chi connectivity index (χ2v) is 27.0. The molecule has 0 amide bonds. The molecule has 0 atom stereocenters. The van der Waals surface area contributed by atoms with E-state index in [0.717, 1.165) is 104 Å². The van der Waals surface area contributed by atoms with Gasteiger partial charge in [-0.3, -0.25) is 29.9 Å². The first-order chi connectivity index (χ1) is 47.9. The predicted molar refractivity (Wildman–Crippen MR) is 403 cm³/mol. The molecule has 0 bridgehead atoms. The highest BCUT2D eigenvalue weighted by molar-refractivity contribution is 9.11. The van der Waals surface area contributed by atoms with Crippen molar-refractivity contribution in [1.29, 1.82) is 0 Å². The summed E-state index contributed by atoms with van der Waals surface area (Å²) in [4.78, 5) is 55.2. The molecule has 0 aliphatic carbocycles. The molecule has 1 saturated heterocycles. The van der Waals surface area contributed by atoms with Gasteiger partial charge in [0.15, 0.2) is 34.9 Å². The molecular formula is C82H67BBr2N12O2. The number of halogens is 2. The molecule has 5 aromatic heterocycles. The van der Waals surface area contributed by atoms with Gasteiger partial charge in [-0.05, 0) is 120 Å². The molecule has 14 aromatic rings. The summed E-state index contributed by atoms with van der Waals surface area (Å²) < 4.78 is 14.0. The van der Waals surface area contributed by atoms with Crippen molar-refractivity contribution in [2.24, 2.45) is 0 Å². The lowest BCUT2D eigenvalue weighted by Gasteiger charge is -2.32. The zero-order valence-electron chi connectivity index (χ0n) is 55.8. The van der Waals surface area contributed by atoms with E-state index in [1.165, 1.54) is 22.3 Å². The Kier molecular flexibility index (Phi) is 19.9. The minimum absolute atomic E-state index is 0.318. The Morgan fingerprint density at radius 3 is 0.818 bits per heavy atom. The highest BCUT2D eigenvalue weighted by Crippen LogP contribution is 2.38. The second-order valence-electron chi connectivity index (χ2n) is 25.2. The summed E-state index contributed by atoms with van der Waals surface area (Å²) in [5.74, 6) is 3.82. The van der Waals surface area contributed by atoms with E-state index in [0.29, 0.717) is 34.9 Å². The first-order valence-corrected chi connectivity index (χ1v) is 33.9. The van der Waals surface area contributed by atoms with Crippen molar-refractivity contribution < 1.29 is 9.31 Å². The standard InChI is InChI=1S/C43H31N7.C23H17Br2N3.C16H19BN2O2/c1-28-3-7-34(8-4-28)41-48-42(35-9-5-29(2)6-10-35)50-43(49-41)38-24-36(30-11-15-32(16-12-30)39-26-44-19-21-46-39)23-37(25-38)31-13-17-33(18-14-31)40-27-45-20-22-47-40;1-14-3-7-16(8-4-14)21-26-22(17-9-5-15(2)6-10-17)28-23(27-21)18-11-19(24)13-20(25)12-18;1-15(2)16(3,4)21-17(20-15)13-7-5-12(6-8-13)14-11-18-9-10-19-14/h3-27H,1-2H3;3-13H,1-2H3;5-11H,1-4H3. The Morgan fingerprint density at radius 2 is 0.525 bits per heavy atom. The normalized spacial score (nSPS) is 12.8. The van der Waals surface area contributed by atoms with Gasteiger partial charge in [0.05, 0.1) is 46.9 Å². The molecule has 15 rings (SSSR count). The van der Waals surface area contributed by atoms with Crippen LogP contribution in [0.1, 0.15) is 49.9 Å². The molecule has 14 nitrogen and oxygen atoms in total. The smallest absolute Gasteiger partial charge is 0.399 e. The van der Waals surface area contributed by atoms with Crippen LogP contribution in [0.4, 0.5) is 0 Å². The van der Waals surface area contributed by atoms with Gasteiger partial charge >= 0.3 is 7.12 Å². The van der Waals surface area contributed by atoms with Gasteiger partial charge < -0.3 is 9.31 Å². The van der Waals surface area contributed by atoms with Crippen LogP contribution in [0.25, 0.3) is 124 Å². The lowest BCUT2D eigenvalue weighted by molar-refractivity contribution is 0.00578. The summed E-state index contributed by atoms with van der Waals surface area (Å²) in [7, 11) is -0.328. The summed E-state index contributed by atoms with van der Waals surface area (Å²) in [5, 5.41) is 0. The van der Waals surface area contributed by atoms with Crippen molar-refractivity contribution in [2.45, 2.75) is 66.6 Å². The maximum Gasteiger partial charge on any atom is 0.494 e. The number of nitrogens with zero attached hydrogens (tertiary/aromatic N) is 12. The van der Waals surface area contributed by atoms with Crippen LogP contribution in [0.2, 0.25) is 0 Å². The highest BCUT2D eigenvalue weighted by Gasteiger charge is 2.51. The van der Waals surface area contributed by atoms with Gasteiger partial charge in [0.25, 0.3) is 0 Å². The third-order valence-electron chi connectivity index (χ3n) is 17.3. The van der Waals surface area contributed by atoms with Crippen molar-refractivity contribution in [3.05, 3.63) is 293 Å². The van der Waals surface area contributed by atoms with Gasteiger partial charge in [0.1, 0.15) is 0 Å². The molecule has 0 spiro atoms. The van der Waals surface area contributed by atoms with E-state index >= 15 is 0 Å². The topological polar surface area (TPSA) is 173 Å². The maximum absolute atomic E-state index is 6.05. The fourth-order valence-corrected chi connectivity index (χ4v) is 12.2. The molecule has 6 heterocycles. The van der Waals surface area contributed by atoms with Crippen molar-refractivity contribution in [3.8, 4) is 124 Å². The van der Waals surface area contributed by atoms with Gasteiger partial charge in [0.2, 0.25) is 0 Å². The van der Waals surface area contributed by atoms with E-state index < -0.39 is 0 Å². The summed E-state index contributed by atoms with van der Waals surface area (Å²) in [6.07, 6.45) is 15.4. The average Bonchev–Trinajstić information content (AvgIpc) is 1.73. The SMILES string of the molecule is CC1(C)OB(c2ccc(-c3cnccn3)cc2)OC1(C)C.Cc1ccc(-c2nc(-c3ccc(C)cc3)nc(-c3cc(-c4ccc(-c5cnccn5)cc4)cc(-c4ccc(-c5cnccn5)cc4)c3)n2)cc1.Cc1ccc(-c2nc(-c3ccc(C)cc3)nc(-c3cc(Br)cc(Br)c3)n2)cc1. The second kappa shape index (κ2) is 29.5. The van der Waals surface area contributed by atoms with Crippen molar-refractivity contribution in [1.82, 2.24) is 59.8 Å². The van der Waals surface area contributed by atoms with Crippen LogP contribution in [0.3, 0.4) is 0 Å². The largest absolute Gasteiger partial charge is 0.494 e. The van der Waals surface area contributed by atoms with Gasteiger partial charge in [-0.25, -0.2) is 29.9 Å². The molecule has 1 aliphatic rings. The number of rotatable bonds is 12. The zero-order chi connectivity index (χ0) is 68.6. The van der Waals surface area contributed by atoms with E-state index in [1.807, 2.05) is 66.7 Å². The molecule has 0 radical (unpaired) electrons. The molecule has 17 heteroatoms. The van der Waals surface area contributed by atoms with Crippen LogP contribution in [0.5, 0.6) is 0 Å². The summed E-state index contributed by atoms with van der Waals surface area (Å²) >= 11 is 7.10. The van der Waals surface area contributed by atoms with Crippen LogP contribution in [-0.2, 0) is 9.31 Å². The number of hydrogen-bond donors (Lipinski definition) is 0. The lowest BCUT2D eigenvalue weighted by Crippen LogP contribution is -2.41. The van der Waals surface area contributed by atoms with Crippen LogP contribution in [0.15, 0.2) is 271 Å². The summed E-state index contributed by atoms with van der Waals surface area (Å²) in [6, 6.07) is 70.4. The molecule has 1 aliphatic heterocycles. The monoisotopic (exact) mass is 1420 g/mol. The van der Waals surface area contributed by atoms with E-state index in [-0.39, 0.29) is 18.3 Å². The summed E-state index contributed by atoms with van der Waals surface area (Å²) in [6.45, 7) is 16.5. The molecule has 0 unspecified atom stereocenters. The van der Waals surface area contributed by atoms with Gasteiger partial charge in [-0.2, -0.15) is 0 Å². The quantitative estimate of drug-likeness (QED) is 0.106. The van der Waals surface area contributed by atoms with Crippen molar-refractivity contribution in [3.63, 3.8) is 0 Å². The molecule has 99 heavy (non-hydrogen) atoms. The molecule has 0 N–H and O–H groups in total. The Balaban J connectivity index is 0.000000150. The molecule has 484 valence electrons. The van der Waals surface area contributed by atoms with Crippen LogP contribution in [-0.4, -0.2) is 78.1 Å². The first kappa shape index (κ1) is 66.8. The predicted octanol–water partition coefficient (Wildman–Crippen LogP) is 19.2. The average molecular weight is 1420 g/mol. The number of aromatic nitrogens is 12. The summed E-state index contributed by atoms with van der Waals surface area (Å²) in [5.41, 5.74) is 20.5. The minimum Gasteiger partial charge on any atom is -0.399 e. The third kappa shape index (κ3) is 16.1. The van der Waals surface area contributed by atoms with Gasteiger partial charge in [0, 0.05) is 96.2 Å². The Morgan fingerprint density at radius 1 is 0.273 bits per heavy atom. The molecule has 9 aromatic carbocycles. The van der Waals surface area contributed by atoms with Crippen LogP contribution >= 0.6 is 31.9 Å². The van der Waals surface area contributed by atoms with Gasteiger partial charge in [-0.15, -0.1) is 0 Å². The van der Waals surface area contributed by atoms with Crippen LogP contribution < -0.4 is 5.46 Å². The van der Waals surface area contributed by atoms with E-state index in [4.69, 9.17) is 39.2 Å². The van der Waals surface area contributed by atoms with Gasteiger partial charge in [-0.1, -0.05) is 224 Å². The van der Waals surface area contributed by atoms with E-state index in [1.54, 1.807) is 55.8 Å². The molecular weight excluding hydrogens is 1360 g/mol. The minimum atomic E-state index is -0.328. The third-order valence-corrected chi connectivity index (χ3v) is 18.2.